The minimum atomic E-state index is -0.831. The molecule has 0 aromatic carbocycles. The van der Waals surface area contributed by atoms with Crippen molar-refractivity contribution in [3.05, 3.63) is 29.6 Å². The van der Waals surface area contributed by atoms with E-state index in [4.69, 9.17) is 9.84 Å². The van der Waals surface area contributed by atoms with E-state index in [1.165, 1.54) is 0 Å². The largest absolute Gasteiger partial charge is 0.480 e. The van der Waals surface area contributed by atoms with E-state index in [9.17, 15) is 4.79 Å². The van der Waals surface area contributed by atoms with Crippen molar-refractivity contribution in [3.63, 3.8) is 0 Å². The first kappa shape index (κ1) is 13.6. The third-order valence-electron chi connectivity index (χ3n) is 2.51. The summed E-state index contributed by atoms with van der Waals surface area (Å²) in [6.45, 7) is 3.70. The summed E-state index contributed by atoms with van der Waals surface area (Å²) in [5.41, 5.74) is 2.16. The van der Waals surface area contributed by atoms with Crippen LogP contribution in [0.5, 0.6) is 0 Å². The van der Waals surface area contributed by atoms with E-state index in [0.717, 1.165) is 11.1 Å². The minimum absolute atomic E-state index is 0.0116. The number of aryl methyl sites for hydroxylation is 1. The lowest BCUT2D eigenvalue weighted by Gasteiger charge is -2.20. The Labute approximate surface area is 101 Å². The summed E-state index contributed by atoms with van der Waals surface area (Å²) in [4.78, 5) is 16.6. The molecule has 0 atom stereocenters. The third kappa shape index (κ3) is 4.93. The van der Waals surface area contributed by atoms with Gasteiger partial charge in [-0.05, 0) is 24.1 Å². The number of pyridine rings is 1. The van der Waals surface area contributed by atoms with Crippen LogP contribution < -0.4 is 0 Å². The summed E-state index contributed by atoms with van der Waals surface area (Å²) in [5, 5.41) is 8.83. The van der Waals surface area contributed by atoms with Crippen molar-refractivity contribution < 1.29 is 14.6 Å². The van der Waals surface area contributed by atoms with Gasteiger partial charge in [-0.3, -0.25) is 14.7 Å². The van der Waals surface area contributed by atoms with Gasteiger partial charge in [0.15, 0.2) is 0 Å². The van der Waals surface area contributed by atoms with Crippen LogP contribution in [0.3, 0.4) is 0 Å². The monoisotopic (exact) mass is 238 g/mol. The van der Waals surface area contributed by atoms with Crippen LogP contribution in [-0.4, -0.2) is 47.8 Å². The van der Waals surface area contributed by atoms with E-state index in [0.29, 0.717) is 19.7 Å². The Morgan fingerprint density at radius 2 is 2.35 bits per heavy atom. The molecule has 0 bridgehead atoms. The summed E-state index contributed by atoms with van der Waals surface area (Å²) < 4.78 is 4.97. The molecule has 1 aromatic rings. The van der Waals surface area contributed by atoms with Gasteiger partial charge >= 0.3 is 5.97 Å². The van der Waals surface area contributed by atoms with Crippen LogP contribution >= 0.6 is 0 Å². The zero-order valence-electron chi connectivity index (χ0n) is 10.2. The second-order valence-electron chi connectivity index (χ2n) is 3.90. The van der Waals surface area contributed by atoms with Gasteiger partial charge in [0.25, 0.3) is 0 Å². The van der Waals surface area contributed by atoms with Gasteiger partial charge in [-0.25, -0.2) is 0 Å². The number of carbonyl (C=O) groups is 1. The van der Waals surface area contributed by atoms with Crippen LogP contribution in [0, 0.1) is 6.92 Å². The van der Waals surface area contributed by atoms with Gasteiger partial charge in [-0.2, -0.15) is 0 Å². The summed E-state index contributed by atoms with van der Waals surface area (Å²) in [7, 11) is 1.61. The predicted octanol–water partition coefficient (Wildman–Crippen LogP) is 0.923. The van der Waals surface area contributed by atoms with Crippen molar-refractivity contribution in [2.24, 2.45) is 0 Å². The van der Waals surface area contributed by atoms with Gasteiger partial charge in [0.1, 0.15) is 0 Å². The molecule has 94 valence electrons. The Morgan fingerprint density at radius 3 is 2.94 bits per heavy atom. The maximum Gasteiger partial charge on any atom is 0.317 e. The third-order valence-corrected chi connectivity index (χ3v) is 2.51. The molecular formula is C12H18N2O3. The van der Waals surface area contributed by atoms with Crippen LogP contribution in [-0.2, 0) is 16.1 Å². The van der Waals surface area contributed by atoms with Crippen molar-refractivity contribution in [2.45, 2.75) is 13.5 Å². The number of nitrogens with zero attached hydrogens (tertiary/aromatic N) is 2. The number of methoxy groups -OCH3 is 1. The van der Waals surface area contributed by atoms with Crippen LogP contribution in [0.15, 0.2) is 18.5 Å². The molecule has 0 aliphatic carbocycles. The number of aliphatic carboxylic acids is 1. The highest BCUT2D eigenvalue weighted by molar-refractivity contribution is 5.69. The fourth-order valence-corrected chi connectivity index (χ4v) is 1.53. The number of ether oxygens (including phenoxy) is 1. The first-order valence-corrected chi connectivity index (χ1v) is 5.46. The second kappa shape index (κ2) is 6.98. The van der Waals surface area contributed by atoms with Gasteiger partial charge in [-0.15, -0.1) is 0 Å². The zero-order chi connectivity index (χ0) is 12.7. The lowest BCUT2D eigenvalue weighted by atomic mass is 10.1. The van der Waals surface area contributed by atoms with Crippen LogP contribution in [0.2, 0.25) is 0 Å². The summed E-state index contributed by atoms with van der Waals surface area (Å²) in [6, 6.07) is 1.92. The van der Waals surface area contributed by atoms with Crippen LogP contribution in [0.1, 0.15) is 11.1 Å². The van der Waals surface area contributed by atoms with Crippen LogP contribution in [0.25, 0.3) is 0 Å². The molecule has 1 heterocycles. The van der Waals surface area contributed by atoms with E-state index >= 15 is 0 Å². The fraction of sp³-hybridized carbons (Fsp3) is 0.500. The molecule has 0 spiro atoms. The second-order valence-corrected chi connectivity index (χ2v) is 3.90. The van der Waals surface area contributed by atoms with Crippen molar-refractivity contribution in [1.82, 2.24) is 9.88 Å². The SMILES string of the molecule is COCCN(CC(=O)O)Cc1cnccc1C. The molecule has 0 saturated carbocycles. The average molecular weight is 238 g/mol. The lowest BCUT2D eigenvalue weighted by Crippen LogP contribution is -2.32. The van der Waals surface area contributed by atoms with E-state index < -0.39 is 5.97 Å². The van der Waals surface area contributed by atoms with Gasteiger partial charge in [0, 0.05) is 32.6 Å². The highest BCUT2D eigenvalue weighted by Crippen LogP contribution is 2.08. The number of hydrogen-bond donors (Lipinski definition) is 1. The number of aromatic nitrogens is 1. The van der Waals surface area contributed by atoms with Crippen LogP contribution in [0.4, 0.5) is 0 Å². The Hall–Kier alpha value is -1.46. The molecule has 5 nitrogen and oxygen atoms in total. The fourth-order valence-electron chi connectivity index (χ4n) is 1.53. The zero-order valence-corrected chi connectivity index (χ0v) is 10.2. The molecule has 1 rings (SSSR count). The molecule has 17 heavy (non-hydrogen) atoms. The van der Waals surface area contributed by atoms with Crippen molar-refractivity contribution in [1.29, 1.82) is 0 Å². The molecule has 1 aromatic heterocycles. The smallest absolute Gasteiger partial charge is 0.317 e. The van der Waals surface area contributed by atoms with E-state index in [-0.39, 0.29) is 6.54 Å². The van der Waals surface area contributed by atoms with Gasteiger partial charge in [0.2, 0.25) is 0 Å². The van der Waals surface area contributed by atoms with E-state index in [2.05, 4.69) is 4.98 Å². The maximum absolute atomic E-state index is 10.7. The summed E-state index contributed by atoms with van der Waals surface area (Å²) >= 11 is 0. The highest BCUT2D eigenvalue weighted by Gasteiger charge is 2.11. The van der Waals surface area contributed by atoms with E-state index in [1.54, 1.807) is 19.5 Å². The number of carboxylic acid groups (broad SMARTS) is 1. The maximum atomic E-state index is 10.7. The Balaban J connectivity index is 2.64. The van der Waals surface area contributed by atoms with Gasteiger partial charge in [-0.1, -0.05) is 0 Å². The van der Waals surface area contributed by atoms with Crippen molar-refractivity contribution >= 4 is 5.97 Å². The topological polar surface area (TPSA) is 62.7 Å². The Morgan fingerprint density at radius 1 is 1.59 bits per heavy atom. The first-order chi connectivity index (χ1) is 8.13. The normalized spacial score (nSPS) is 10.8. The molecule has 5 heteroatoms. The molecule has 0 radical (unpaired) electrons. The Bertz CT molecular complexity index is 369. The standard InChI is InChI=1S/C12H18N2O3/c1-10-3-4-13-7-11(10)8-14(5-6-17-2)9-12(15)16/h3-4,7H,5-6,8-9H2,1-2H3,(H,15,16). The van der Waals surface area contributed by atoms with Crippen molar-refractivity contribution in [3.8, 4) is 0 Å². The Kier molecular flexibility index (Phi) is 5.59. The summed E-state index contributed by atoms with van der Waals surface area (Å²) in [6.07, 6.45) is 3.51. The van der Waals surface area contributed by atoms with E-state index in [1.807, 2.05) is 17.9 Å². The number of hydrogen-bond acceptors (Lipinski definition) is 4. The number of rotatable bonds is 7. The lowest BCUT2D eigenvalue weighted by molar-refractivity contribution is -0.138. The quantitative estimate of drug-likeness (QED) is 0.765. The molecule has 0 fully saturated rings. The molecule has 0 saturated heterocycles. The van der Waals surface area contributed by atoms with Gasteiger partial charge in [0.05, 0.1) is 13.2 Å². The molecular weight excluding hydrogens is 220 g/mol. The molecule has 0 amide bonds. The van der Waals surface area contributed by atoms with Gasteiger partial charge < -0.3 is 9.84 Å². The minimum Gasteiger partial charge on any atom is -0.480 e. The predicted molar refractivity (Wildman–Crippen MR) is 63.8 cm³/mol. The molecule has 0 aliphatic heterocycles. The summed E-state index contributed by atoms with van der Waals surface area (Å²) in [5.74, 6) is -0.831. The number of carboxylic acids is 1. The first-order valence-electron chi connectivity index (χ1n) is 5.46. The van der Waals surface area contributed by atoms with Crippen molar-refractivity contribution in [2.75, 3.05) is 26.8 Å². The average Bonchev–Trinajstić information content (AvgIpc) is 2.28. The molecule has 0 unspecified atom stereocenters. The molecule has 0 aliphatic rings. The highest BCUT2D eigenvalue weighted by atomic mass is 16.5. The molecule has 1 N–H and O–H groups in total.